The smallest absolute Gasteiger partial charge is 0.326 e. The highest BCUT2D eigenvalue weighted by Gasteiger charge is 2.50. The van der Waals surface area contributed by atoms with Crippen LogP contribution in [-0.4, -0.2) is 23.4 Å². The van der Waals surface area contributed by atoms with Gasteiger partial charge in [0.1, 0.15) is 11.6 Å². The monoisotopic (exact) mass is 312 g/mol. The van der Waals surface area contributed by atoms with E-state index in [1.54, 1.807) is 19.1 Å². The van der Waals surface area contributed by atoms with Crippen molar-refractivity contribution in [3.8, 4) is 11.8 Å². The molecule has 0 bridgehead atoms. The molecule has 1 aromatic heterocycles. The van der Waals surface area contributed by atoms with Gasteiger partial charge in [-0.3, -0.25) is 9.69 Å². The van der Waals surface area contributed by atoms with Gasteiger partial charge in [0.05, 0.1) is 12.8 Å². The molecule has 3 amide bonds. The summed E-state index contributed by atoms with van der Waals surface area (Å²) in [6.07, 6.45) is 1.44. The zero-order chi connectivity index (χ0) is 16.4. The van der Waals surface area contributed by atoms with Crippen LogP contribution in [0.1, 0.15) is 18.2 Å². The standard InChI is InChI=1S/C17H13FN2O3/c1-17(14-5-3-11-23-14)15(21)20(16(22)19-17)10-2-4-12-6-8-13(18)9-7-12/h3,5-9,11H,10H2,1H3,(H,19,22). The molecule has 1 atom stereocenters. The van der Waals surface area contributed by atoms with Crippen LogP contribution < -0.4 is 5.32 Å². The average Bonchev–Trinajstić information content (AvgIpc) is 3.13. The Morgan fingerprint density at radius 3 is 2.65 bits per heavy atom. The Kier molecular flexibility index (Phi) is 3.62. The summed E-state index contributed by atoms with van der Waals surface area (Å²) in [5.74, 6) is 5.13. The molecule has 1 fully saturated rings. The summed E-state index contributed by atoms with van der Waals surface area (Å²) in [5, 5.41) is 2.61. The quantitative estimate of drug-likeness (QED) is 0.683. The molecule has 2 heterocycles. The average molecular weight is 312 g/mol. The first-order chi connectivity index (χ1) is 11.0. The molecule has 0 aliphatic carbocycles. The summed E-state index contributed by atoms with van der Waals surface area (Å²) in [7, 11) is 0. The zero-order valence-electron chi connectivity index (χ0n) is 12.3. The van der Waals surface area contributed by atoms with Gasteiger partial charge in [-0.25, -0.2) is 9.18 Å². The fourth-order valence-corrected chi connectivity index (χ4v) is 2.32. The molecule has 6 heteroatoms. The summed E-state index contributed by atoms with van der Waals surface area (Å²) in [6.45, 7) is 1.53. The maximum absolute atomic E-state index is 12.8. The van der Waals surface area contributed by atoms with Gasteiger partial charge in [0.2, 0.25) is 0 Å². The van der Waals surface area contributed by atoms with E-state index in [4.69, 9.17) is 4.42 Å². The van der Waals surface area contributed by atoms with Crippen molar-refractivity contribution < 1.29 is 18.4 Å². The zero-order valence-corrected chi connectivity index (χ0v) is 12.3. The molecule has 5 nitrogen and oxygen atoms in total. The molecule has 1 N–H and O–H groups in total. The van der Waals surface area contributed by atoms with E-state index in [1.165, 1.54) is 30.5 Å². The van der Waals surface area contributed by atoms with Crippen LogP contribution in [0.4, 0.5) is 9.18 Å². The molecule has 3 rings (SSSR count). The van der Waals surface area contributed by atoms with Crippen LogP contribution in [-0.2, 0) is 10.3 Å². The maximum Gasteiger partial charge on any atom is 0.326 e. The summed E-state index contributed by atoms with van der Waals surface area (Å²) >= 11 is 0. The number of imide groups is 1. The Hall–Kier alpha value is -3.07. The minimum atomic E-state index is -1.22. The predicted molar refractivity (Wildman–Crippen MR) is 79.6 cm³/mol. The molecule has 1 unspecified atom stereocenters. The number of nitrogens with zero attached hydrogens (tertiary/aromatic N) is 1. The van der Waals surface area contributed by atoms with E-state index in [0.717, 1.165) is 4.90 Å². The SMILES string of the molecule is CC1(c2ccco2)NC(=O)N(CC#Cc2ccc(F)cc2)C1=O. The van der Waals surface area contributed by atoms with Crippen LogP contribution in [0.25, 0.3) is 0 Å². The summed E-state index contributed by atoms with van der Waals surface area (Å²) < 4.78 is 18.1. The van der Waals surface area contributed by atoms with Crippen molar-refractivity contribution in [2.75, 3.05) is 6.54 Å². The summed E-state index contributed by atoms with van der Waals surface area (Å²) in [6, 6.07) is 8.41. The van der Waals surface area contributed by atoms with Gasteiger partial charge in [0.15, 0.2) is 5.54 Å². The van der Waals surface area contributed by atoms with E-state index in [9.17, 15) is 14.0 Å². The molecule has 1 saturated heterocycles. The number of carbonyl (C=O) groups is 2. The molecular weight excluding hydrogens is 299 g/mol. The van der Waals surface area contributed by atoms with Gasteiger partial charge in [0.25, 0.3) is 5.91 Å². The normalized spacial score (nSPS) is 20.2. The van der Waals surface area contributed by atoms with E-state index in [0.29, 0.717) is 11.3 Å². The maximum atomic E-state index is 12.8. The van der Waals surface area contributed by atoms with Gasteiger partial charge in [-0.1, -0.05) is 11.8 Å². The highest BCUT2D eigenvalue weighted by molar-refractivity contribution is 6.07. The van der Waals surface area contributed by atoms with Crippen molar-refractivity contribution in [2.45, 2.75) is 12.5 Å². The molecule has 1 aliphatic heterocycles. The van der Waals surface area contributed by atoms with Crippen molar-refractivity contribution in [2.24, 2.45) is 0 Å². The number of carbonyl (C=O) groups excluding carboxylic acids is 2. The highest BCUT2D eigenvalue weighted by Crippen LogP contribution is 2.28. The Labute approximate surface area is 132 Å². The number of hydrogen-bond acceptors (Lipinski definition) is 3. The predicted octanol–water partition coefficient (Wildman–Crippen LogP) is 2.24. The van der Waals surface area contributed by atoms with Gasteiger partial charge in [-0.2, -0.15) is 0 Å². The fourth-order valence-electron chi connectivity index (χ4n) is 2.32. The molecular formula is C17H13FN2O3. The minimum Gasteiger partial charge on any atom is -0.466 e. The third-order valence-electron chi connectivity index (χ3n) is 3.60. The second kappa shape index (κ2) is 5.61. The lowest BCUT2D eigenvalue weighted by Crippen LogP contribution is -2.40. The lowest BCUT2D eigenvalue weighted by molar-refractivity contribution is -0.131. The van der Waals surface area contributed by atoms with E-state index in [-0.39, 0.29) is 12.4 Å². The van der Waals surface area contributed by atoms with Gasteiger partial charge in [0, 0.05) is 5.56 Å². The molecule has 23 heavy (non-hydrogen) atoms. The third kappa shape index (κ3) is 2.69. The first kappa shape index (κ1) is 14.9. The Morgan fingerprint density at radius 2 is 2.00 bits per heavy atom. The fraction of sp³-hybridized carbons (Fsp3) is 0.176. The van der Waals surface area contributed by atoms with E-state index in [1.807, 2.05) is 0 Å². The minimum absolute atomic E-state index is 0.0572. The molecule has 2 aromatic rings. The van der Waals surface area contributed by atoms with Gasteiger partial charge >= 0.3 is 6.03 Å². The molecule has 0 radical (unpaired) electrons. The van der Waals surface area contributed by atoms with Gasteiger partial charge in [-0.15, -0.1) is 0 Å². The second-order valence-electron chi connectivity index (χ2n) is 5.23. The van der Waals surface area contributed by atoms with Crippen LogP contribution in [0, 0.1) is 17.7 Å². The number of urea groups is 1. The second-order valence-corrected chi connectivity index (χ2v) is 5.23. The first-order valence-corrected chi connectivity index (χ1v) is 6.93. The highest BCUT2D eigenvalue weighted by atomic mass is 19.1. The number of rotatable bonds is 2. The van der Waals surface area contributed by atoms with E-state index < -0.39 is 17.5 Å². The molecule has 116 valence electrons. The van der Waals surface area contributed by atoms with Crippen molar-refractivity contribution >= 4 is 11.9 Å². The Bertz CT molecular complexity index is 803. The van der Waals surface area contributed by atoms with Crippen molar-refractivity contribution in [1.29, 1.82) is 0 Å². The van der Waals surface area contributed by atoms with E-state index in [2.05, 4.69) is 17.2 Å². The lowest BCUT2D eigenvalue weighted by Gasteiger charge is -2.18. The largest absolute Gasteiger partial charge is 0.466 e. The van der Waals surface area contributed by atoms with Crippen LogP contribution in [0.2, 0.25) is 0 Å². The Morgan fingerprint density at radius 1 is 1.26 bits per heavy atom. The molecule has 1 aromatic carbocycles. The number of halogens is 1. The number of nitrogens with one attached hydrogen (secondary N) is 1. The van der Waals surface area contributed by atoms with Crippen LogP contribution in [0.15, 0.2) is 47.1 Å². The van der Waals surface area contributed by atoms with Crippen molar-refractivity contribution in [3.05, 3.63) is 59.8 Å². The number of furan rings is 1. The van der Waals surface area contributed by atoms with Gasteiger partial charge in [-0.05, 0) is 43.3 Å². The molecule has 0 spiro atoms. The Balaban J connectivity index is 1.76. The number of hydrogen-bond donors (Lipinski definition) is 1. The van der Waals surface area contributed by atoms with Crippen LogP contribution >= 0.6 is 0 Å². The lowest BCUT2D eigenvalue weighted by atomic mass is 9.99. The van der Waals surface area contributed by atoms with Gasteiger partial charge < -0.3 is 9.73 Å². The summed E-state index contributed by atoms with van der Waals surface area (Å²) in [4.78, 5) is 25.5. The van der Waals surface area contributed by atoms with E-state index >= 15 is 0 Å². The van der Waals surface area contributed by atoms with Crippen molar-refractivity contribution in [1.82, 2.24) is 10.2 Å². The number of benzene rings is 1. The third-order valence-corrected chi connectivity index (χ3v) is 3.60. The van der Waals surface area contributed by atoms with Crippen LogP contribution in [0.5, 0.6) is 0 Å². The molecule has 1 aliphatic rings. The topological polar surface area (TPSA) is 62.6 Å². The number of amides is 3. The van der Waals surface area contributed by atoms with Crippen molar-refractivity contribution in [3.63, 3.8) is 0 Å². The first-order valence-electron chi connectivity index (χ1n) is 6.93. The van der Waals surface area contributed by atoms with Crippen LogP contribution in [0.3, 0.4) is 0 Å². The molecule has 0 saturated carbocycles. The summed E-state index contributed by atoms with van der Waals surface area (Å²) in [5.41, 5.74) is -0.620.